The number of hydrogen-bond donors (Lipinski definition) is 2. The monoisotopic (exact) mass is 307 g/mol. The molecule has 0 aliphatic rings. The van der Waals surface area contributed by atoms with Gasteiger partial charge in [-0.25, -0.2) is 4.79 Å². The smallest absolute Gasteiger partial charge is 0.409 e. The first-order valence-electron chi connectivity index (χ1n) is 7.01. The van der Waals surface area contributed by atoms with Crippen LogP contribution in [0.5, 0.6) is 0 Å². The van der Waals surface area contributed by atoms with E-state index in [-0.39, 0.29) is 13.0 Å². The average molecular weight is 307 g/mol. The molecule has 6 nitrogen and oxygen atoms in total. The van der Waals surface area contributed by atoms with E-state index in [1.807, 2.05) is 0 Å². The molecule has 1 rings (SSSR count). The van der Waals surface area contributed by atoms with Crippen molar-refractivity contribution < 1.29 is 24.2 Å². The van der Waals surface area contributed by atoms with Crippen molar-refractivity contribution in [3.63, 3.8) is 0 Å². The number of aliphatic hydroxyl groups is 1. The van der Waals surface area contributed by atoms with E-state index in [0.29, 0.717) is 12.2 Å². The number of carbonyl (C=O) groups is 2. The van der Waals surface area contributed by atoms with Crippen molar-refractivity contribution in [2.45, 2.75) is 25.7 Å². The molecule has 0 saturated carbocycles. The van der Waals surface area contributed by atoms with Crippen LogP contribution in [0.1, 0.15) is 23.7 Å². The summed E-state index contributed by atoms with van der Waals surface area (Å²) in [6, 6.07) is 8.44. The number of benzene rings is 1. The summed E-state index contributed by atoms with van der Waals surface area (Å²) < 4.78 is 10.1. The Balaban J connectivity index is 2.59. The Morgan fingerprint density at radius 2 is 2.05 bits per heavy atom. The van der Waals surface area contributed by atoms with Crippen molar-refractivity contribution in [2.24, 2.45) is 0 Å². The molecule has 0 aliphatic heterocycles. The van der Waals surface area contributed by atoms with Crippen molar-refractivity contribution in [3.05, 3.63) is 48.6 Å². The van der Waals surface area contributed by atoms with Gasteiger partial charge >= 0.3 is 6.09 Å². The molecule has 0 heterocycles. The zero-order valence-corrected chi connectivity index (χ0v) is 12.5. The van der Waals surface area contributed by atoms with Crippen LogP contribution < -0.4 is 5.32 Å². The summed E-state index contributed by atoms with van der Waals surface area (Å²) in [4.78, 5) is 23.6. The van der Waals surface area contributed by atoms with E-state index < -0.39 is 24.2 Å². The quantitative estimate of drug-likeness (QED) is 0.413. The highest BCUT2D eigenvalue weighted by atomic mass is 16.6. The molecule has 0 aliphatic carbocycles. The maximum absolute atomic E-state index is 12.1. The lowest BCUT2D eigenvalue weighted by atomic mass is 10.0. The number of alkyl carbamates (subject to hydrolysis) is 1. The summed E-state index contributed by atoms with van der Waals surface area (Å²) in [5.74, 6) is -0.424. The average Bonchev–Trinajstić information content (AvgIpc) is 2.53. The third-order valence-electron chi connectivity index (χ3n) is 2.78. The van der Waals surface area contributed by atoms with Gasteiger partial charge in [-0.05, 0) is 6.92 Å². The largest absolute Gasteiger partial charge is 0.445 e. The summed E-state index contributed by atoms with van der Waals surface area (Å²) in [6.45, 7) is 5.56. The van der Waals surface area contributed by atoms with Crippen molar-refractivity contribution >= 4 is 11.9 Å². The second-order valence-corrected chi connectivity index (χ2v) is 4.46. The number of aliphatic hydroxyl groups excluding tert-OH is 1. The molecule has 2 unspecified atom stereocenters. The predicted octanol–water partition coefficient (Wildman–Crippen LogP) is 1.90. The minimum atomic E-state index is -1.28. The highest BCUT2D eigenvalue weighted by Gasteiger charge is 2.23. The van der Waals surface area contributed by atoms with Crippen LogP contribution in [0.25, 0.3) is 0 Å². The minimum absolute atomic E-state index is 0.0647. The fourth-order valence-corrected chi connectivity index (χ4v) is 1.78. The van der Waals surface area contributed by atoms with Crippen LogP contribution in [0.15, 0.2) is 43.0 Å². The fraction of sp³-hybridized carbons (Fsp3) is 0.375. The third-order valence-corrected chi connectivity index (χ3v) is 2.78. The number of nitrogens with one attached hydrogen (secondary N) is 1. The Kier molecular flexibility index (Phi) is 7.88. The van der Waals surface area contributed by atoms with Crippen LogP contribution in [-0.4, -0.2) is 42.5 Å². The summed E-state index contributed by atoms with van der Waals surface area (Å²) in [6.07, 6.45) is -1.42. The summed E-state index contributed by atoms with van der Waals surface area (Å²) in [5, 5.41) is 12.5. The van der Waals surface area contributed by atoms with Gasteiger partial charge in [-0.1, -0.05) is 43.0 Å². The van der Waals surface area contributed by atoms with Crippen LogP contribution in [0.2, 0.25) is 0 Å². The highest BCUT2D eigenvalue weighted by Crippen LogP contribution is 2.09. The molecule has 120 valence electrons. The van der Waals surface area contributed by atoms with Crippen LogP contribution in [0.4, 0.5) is 4.79 Å². The highest BCUT2D eigenvalue weighted by molar-refractivity contribution is 5.99. The summed E-state index contributed by atoms with van der Waals surface area (Å²) in [5.41, 5.74) is 0.402. The molecule has 0 spiro atoms. The lowest BCUT2D eigenvalue weighted by Gasteiger charge is -2.20. The second kappa shape index (κ2) is 9.70. The van der Waals surface area contributed by atoms with Crippen molar-refractivity contribution in [1.29, 1.82) is 0 Å². The Morgan fingerprint density at radius 3 is 2.64 bits per heavy atom. The van der Waals surface area contributed by atoms with Crippen LogP contribution in [0.3, 0.4) is 0 Å². The lowest BCUT2D eigenvalue weighted by molar-refractivity contribution is 0.00275. The maximum atomic E-state index is 12.1. The first-order chi connectivity index (χ1) is 10.6. The molecule has 0 radical (unpaired) electrons. The van der Waals surface area contributed by atoms with Gasteiger partial charge in [0.05, 0.1) is 0 Å². The summed E-state index contributed by atoms with van der Waals surface area (Å²) >= 11 is 0. The molecule has 22 heavy (non-hydrogen) atoms. The normalized spacial score (nSPS) is 13.0. The molecule has 0 fully saturated rings. The summed E-state index contributed by atoms with van der Waals surface area (Å²) in [7, 11) is 0. The lowest BCUT2D eigenvalue weighted by Crippen LogP contribution is -2.41. The van der Waals surface area contributed by atoms with Crippen LogP contribution >= 0.6 is 0 Å². The van der Waals surface area contributed by atoms with E-state index >= 15 is 0 Å². The molecule has 0 aromatic heterocycles. The molecule has 0 bridgehead atoms. The number of amides is 1. The second-order valence-electron chi connectivity index (χ2n) is 4.46. The van der Waals surface area contributed by atoms with Crippen molar-refractivity contribution in [1.82, 2.24) is 5.32 Å². The molecule has 1 amide bonds. The van der Waals surface area contributed by atoms with Gasteiger partial charge < -0.3 is 14.6 Å². The molecule has 2 N–H and O–H groups in total. The first kappa shape index (κ1) is 17.9. The maximum Gasteiger partial charge on any atom is 0.409 e. The molecule has 6 heteroatoms. The van der Waals surface area contributed by atoms with Gasteiger partial charge in [0.1, 0.15) is 18.9 Å². The molecule has 0 saturated heterocycles. The van der Waals surface area contributed by atoms with Gasteiger partial charge in [0.15, 0.2) is 5.78 Å². The number of ether oxygens (including phenoxy) is 2. The Bertz CT molecular complexity index is 489. The van der Waals surface area contributed by atoms with Gasteiger partial charge in [0, 0.05) is 18.6 Å². The van der Waals surface area contributed by atoms with E-state index in [4.69, 9.17) is 9.47 Å². The van der Waals surface area contributed by atoms with Crippen molar-refractivity contribution in [3.8, 4) is 0 Å². The van der Waals surface area contributed by atoms with Crippen LogP contribution in [-0.2, 0) is 9.47 Å². The minimum Gasteiger partial charge on any atom is -0.445 e. The Hall–Kier alpha value is -2.18. The number of ketones is 1. The van der Waals surface area contributed by atoms with Crippen molar-refractivity contribution in [2.75, 3.05) is 13.2 Å². The van der Waals surface area contributed by atoms with Gasteiger partial charge in [-0.15, -0.1) is 0 Å². The Labute approximate surface area is 129 Å². The van der Waals surface area contributed by atoms with E-state index in [0.717, 1.165) is 0 Å². The Morgan fingerprint density at radius 1 is 1.36 bits per heavy atom. The molecular weight excluding hydrogens is 286 g/mol. The van der Waals surface area contributed by atoms with Gasteiger partial charge in [-0.2, -0.15) is 0 Å². The van der Waals surface area contributed by atoms with E-state index in [9.17, 15) is 14.7 Å². The molecular formula is C16H21NO5. The number of Topliss-reactive ketones (excluding diaryl/α,β-unsaturated/α-hetero) is 1. The molecule has 2 atom stereocenters. The SMILES string of the molecule is C=CCOC(=O)NC(CC(O)C(=O)c1ccccc1)OCC. The molecule has 1 aromatic rings. The van der Waals surface area contributed by atoms with E-state index in [2.05, 4.69) is 11.9 Å². The number of rotatable bonds is 9. The third kappa shape index (κ3) is 6.07. The zero-order chi connectivity index (χ0) is 16.4. The fourth-order valence-electron chi connectivity index (χ4n) is 1.78. The van der Waals surface area contributed by atoms with E-state index in [1.165, 1.54) is 6.08 Å². The molecule has 1 aromatic carbocycles. The predicted molar refractivity (Wildman–Crippen MR) is 81.5 cm³/mol. The first-order valence-corrected chi connectivity index (χ1v) is 7.01. The zero-order valence-electron chi connectivity index (χ0n) is 12.5. The number of carbonyl (C=O) groups excluding carboxylic acids is 2. The van der Waals surface area contributed by atoms with Gasteiger partial charge in [-0.3, -0.25) is 10.1 Å². The van der Waals surface area contributed by atoms with E-state index in [1.54, 1.807) is 37.3 Å². The topological polar surface area (TPSA) is 84.9 Å². The number of hydrogen-bond acceptors (Lipinski definition) is 5. The van der Waals surface area contributed by atoms with Crippen LogP contribution in [0, 0.1) is 0 Å². The standard InChI is InChI=1S/C16H21NO5/c1-3-10-22-16(20)17-14(21-4-2)11-13(18)15(19)12-8-6-5-7-9-12/h3,5-9,13-14,18H,1,4,10-11H2,2H3,(H,17,20). The van der Waals surface area contributed by atoms with Gasteiger partial charge in [0.25, 0.3) is 0 Å². The van der Waals surface area contributed by atoms with Gasteiger partial charge in [0.2, 0.25) is 0 Å².